The predicted molar refractivity (Wildman–Crippen MR) is 79.3 cm³/mol. The quantitative estimate of drug-likeness (QED) is 0.861. The lowest BCUT2D eigenvalue weighted by atomic mass is 10.3. The highest BCUT2D eigenvalue weighted by Gasteiger charge is 2.18. The third-order valence-corrected chi connectivity index (χ3v) is 3.61. The van der Waals surface area contributed by atoms with E-state index in [1.807, 2.05) is 23.1 Å². The molecule has 0 saturated carbocycles. The molecule has 110 valence electrons. The lowest BCUT2D eigenvalue weighted by Gasteiger charge is -2.25. The SMILES string of the molecule is CCN(CC(=O)N1CCCNCC1)Cc1ccccn1. The molecule has 1 aliphatic rings. The number of hydrogen-bond donors (Lipinski definition) is 1. The zero-order valence-corrected chi connectivity index (χ0v) is 12.2. The van der Waals surface area contributed by atoms with Gasteiger partial charge in [0.25, 0.3) is 0 Å². The summed E-state index contributed by atoms with van der Waals surface area (Å²) in [4.78, 5) is 20.8. The molecule has 1 amide bonds. The molecule has 20 heavy (non-hydrogen) atoms. The van der Waals surface area contributed by atoms with Crippen LogP contribution in [0.4, 0.5) is 0 Å². The number of amides is 1. The first kappa shape index (κ1) is 14.9. The fourth-order valence-electron chi connectivity index (χ4n) is 2.39. The topological polar surface area (TPSA) is 48.5 Å². The number of rotatable bonds is 5. The molecular formula is C15H24N4O. The van der Waals surface area contributed by atoms with E-state index in [1.54, 1.807) is 6.20 Å². The highest BCUT2D eigenvalue weighted by molar-refractivity contribution is 5.78. The average molecular weight is 276 g/mol. The fourth-order valence-corrected chi connectivity index (χ4v) is 2.39. The molecule has 1 aromatic heterocycles. The molecule has 2 heterocycles. The Bertz CT molecular complexity index is 402. The first-order chi connectivity index (χ1) is 9.79. The Morgan fingerprint density at radius 1 is 1.40 bits per heavy atom. The van der Waals surface area contributed by atoms with Crippen LogP contribution in [-0.2, 0) is 11.3 Å². The van der Waals surface area contributed by atoms with Gasteiger partial charge in [0.05, 0.1) is 12.2 Å². The normalized spacial score (nSPS) is 16.2. The number of carbonyl (C=O) groups excluding carboxylic acids is 1. The van der Waals surface area contributed by atoms with Gasteiger partial charge in [0.15, 0.2) is 0 Å². The Hall–Kier alpha value is -1.46. The summed E-state index contributed by atoms with van der Waals surface area (Å²) in [6.45, 7) is 7.75. The molecule has 0 unspecified atom stereocenters. The van der Waals surface area contributed by atoms with Gasteiger partial charge in [-0.3, -0.25) is 14.7 Å². The molecule has 1 aliphatic heterocycles. The molecule has 0 bridgehead atoms. The van der Waals surface area contributed by atoms with Gasteiger partial charge < -0.3 is 10.2 Å². The maximum atomic E-state index is 12.3. The highest BCUT2D eigenvalue weighted by Crippen LogP contribution is 2.03. The van der Waals surface area contributed by atoms with E-state index >= 15 is 0 Å². The predicted octanol–water partition coefficient (Wildman–Crippen LogP) is 0.725. The van der Waals surface area contributed by atoms with Gasteiger partial charge in [-0.25, -0.2) is 0 Å². The maximum Gasteiger partial charge on any atom is 0.236 e. The Labute approximate surface area is 121 Å². The van der Waals surface area contributed by atoms with Crippen molar-refractivity contribution in [3.05, 3.63) is 30.1 Å². The van der Waals surface area contributed by atoms with E-state index in [0.29, 0.717) is 6.54 Å². The number of nitrogens with zero attached hydrogens (tertiary/aromatic N) is 3. The largest absolute Gasteiger partial charge is 0.340 e. The van der Waals surface area contributed by atoms with Crippen LogP contribution in [0.1, 0.15) is 19.0 Å². The molecule has 0 aliphatic carbocycles. The van der Waals surface area contributed by atoms with E-state index < -0.39 is 0 Å². The van der Waals surface area contributed by atoms with Crippen LogP contribution in [-0.4, -0.2) is 60.0 Å². The Morgan fingerprint density at radius 2 is 2.30 bits per heavy atom. The van der Waals surface area contributed by atoms with Crippen molar-refractivity contribution in [3.63, 3.8) is 0 Å². The summed E-state index contributed by atoms with van der Waals surface area (Å²) in [5, 5.41) is 3.32. The van der Waals surface area contributed by atoms with Crippen molar-refractivity contribution in [2.75, 3.05) is 39.3 Å². The number of hydrogen-bond acceptors (Lipinski definition) is 4. The molecule has 1 aromatic rings. The molecule has 5 heteroatoms. The van der Waals surface area contributed by atoms with Crippen LogP contribution in [0.25, 0.3) is 0 Å². The molecule has 2 rings (SSSR count). The van der Waals surface area contributed by atoms with Crippen molar-refractivity contribution >= 4 is 5.91 Å². The van der Waals surface area contributed by atoms with Crippen molar-refractivity contribution in [3.8, 4) is 0 Å². The first-order valence-corrected chi connectivity index (χ1v) is 7.40. The summed E-state index contributed by atoms with van der Waals surface area (Å²) in [6, 6.07) is 5.90. The van der Waals surface area contributed by atoms with Crippen LogP contribution in [0.3, 0.4) is 0 Å². The van der Waals surface area contributed by atoms with Crippen LogP contribution >= 0.6 is 0 Å². The average Bonchev–Trinajstić information content (AvgIpc) is 2.76. The smallest absolute Gasteiger partial charge is 0.236 e. The monoisotopic (exact) mass is 276 g/mol. The van der Waals surface area contributed by atoms with Gasteiger partial charge in [-0.15, -0.1) is 0 Å². The molecule has 0 radical (unpaired) electrons. The zero-order valence-electron chi connectivity index (χ0n) is 12.2. The molecule has 5 nitrogen and oxygen atoms in total. The zero-order chi connectivity index (χ0) is 14.2. The number of likely N-dealkylation sites (N-methyl/N-ethyl adjacent to an activating group) is 1. The van der Waals surface area contributed by atoms with Gasteiger partial charge in [0, 0.05) is 32.4 Å². The van der Waals surface area contributed by atoms with Crippen molar-refractivity contribution in [2.24, 2.45) is 0 Å². The third-order valence-electron chi connectivity index (χ3n) is 3.61. The molecule has 0 aromatic carbocycles. The molecule has 0 spiro atoms. The Balaban J connectivity index is 1.87. The van der Waals surface area contributed by atoms with E-state index in [1.165, 1.54) is 0 Å². The fraction of sp³-hybridized carbons (Fsp3) is 0.600. The van der Waals surface area contributed by atoms with Crippen LogP contribution < -0.4 is 5.32 Å². The molecule has 0 atom stereocenters. The minimum Gasteiger partial charge on any atom is -0.340 e. The van der Waals surface area contributed by atoms with E-state index in [-0.39, 0.29) is 5.91 Å². The first-order valence-electron chi connectivity index (χ1n) is 7.40. The van der Waals surface area contributed by atoms with Crippen molar-refractivity contribution < 1.29 is 4.79 Å². The van der Waals surface area contributed by atoms with Crippen LogP contribution in [0.2, 0.25) is 0 Å². The molecule has 1 N–H and O–H groups in total. The van der Waals surface area contributed by atoms with Gasteiger partial charge in [0.1, 0.15) is 0 Å². The second kappa shape index (κ2) is 7.97. The Morgan fingerprint density at radius 3 is 3.05 bits per heavy atom. The van der Waals surface area contributed by atoms with Gasteiger partial charge >= 0.3 is 0 Å². The van der Waals surface area contributed by atoms with Gasteiger partial charge in [-0.1, -0.05) is 13.0 Å². The standard InChI is InChI=1S/C15H24N4O/c1-2-18(12-14-6-3-4-8-17-14)13-15(20)19-10-5-7-16-9-11-19/h3-4,6,8,16H,2,5,7,9-13H2,1H3. The summed E-state index contributed by atoms with van der Waals surface area (Å²) in [5.74, 6) is 0.228. The minimum atomic E-state index is 0.228. The van der Waals surface area contributed by atoms with E-state index in [2.05, 4.69) is 22.1 Å². The summed E-state index contributed by atoms with van der Waals surface area (Å²) in [6.07, 6.45) is 2.84. The van der Waals surface area contributed by atoms with Crippen molar-refractivity contribution in [2.45, 2.75) is 19.9 Å². The minimum absolute atomic E-state index is 0.228. The number of carbonyl (C=O) groups is 1. The highest BCUT2D eigenvalue weighted by atomic mass is 16.2. The molecule has 1 saturated heterocycles. The maximum absolute atomic E-state index is 12.3. The van der Waals surface area contributed by atoms with Crippen LogP contribution in [0.5, 0.6) is 0 Å². The van der Waals surface area contributed by atoms with E-state index in [9.17, 15) is 4.79 Å². The summed E-state index contributed by atoms with van der Waals surface area (Å²) < 4.78 is 0. The van der Waals surface area contributed by atoms with Gasteiger partial charge in [-0.2, -0.15) is 0 Å². The number of aromatic nitrogens is 1. The summed E-state index contributed by atoms with van der Waals surface area (Å²) in [7, 11) is 0. The van der Waals surface area contributed by atoms with E-state index in [0.717, 1.165) is 51.4 Å². The number of pyridine rings is 1. The summed E-state index contributed by atoms with van der Waals surface area (Å²) >= 11 is 0. The van der Waals surface area contributed by atoms with Gasteiger partial charge in [-0.05, 0) is 31.6 Å². The van der Waals surface area contributed by atoms with Gasteiger partial charge in [0.2, 0.25) is 5.91 Å². The number of nitrogens with one attached hydrogen (secondary N) is 1. The summed E-state index contributed by atoms with van der Waals surface area (Å²) in [5.41, 5.74) is 1.01. The molecule has 1 fully saturated rings. The Kier molecular flexibility index (Phi) is 5.95. The third kappa shape index (κ3) is 4.58. The lowest BCUT2D eigenvalue weighted by Crippen LogP contribution is -2.41. The van der Waals surface area contributed by atoms with Crippen LogP contribution in [0, 0.1) is 0 Å². The lowest BCUT2D eigenvalue weighted by molar-refractivity contribution is -0.132. The second-order valence-corrected chi connectivity index (χ2v) is 5.11. The van der Waals surface area contributed by atoms with Crippen molar-refractivity contribution in [1.29, 1.82) is 0 Å². The van der Waals surface area contributed by atoms with E-state index in [4.69, 9.17) is 0 Å². The second-order valence-electron chi connectivity index (χ2n) is 5.11. The molecular weight excluding hydrogens is 252 g/mol. The van der Waals surface area contributed by atoms with Crippen LogP contribution in [0.15, 0.2) is 24.4 Å². The van der Waals surface area contributed by atoms with Crippen molar-refractivity contribution in [1.82, 2.24) is 20.1 Å².